The molecule has 0 fully saturated rings. The Labute approximate surface area is 161 Å². The van der Waals surface area contributed by atoms with Crippen LogP contribution in [-0.4, -0.2) is 36.2 Å². The predicted molar refractivity (Wildman–Crippen MR) is 103 cm³/mol. The molecule has 0 bridgehead atoms. The summed E-state index contributed by atoms with van der Waals surface area (Å²) in [4.78, 5) is 28.5. The summed E-state index contributed by atoms with van der Waals surface area (Å²) in [6, 6.07) is 8.19. The maximum Gasteiger partial charge on any atom is 0.237 e. The fraction of sp³-hybridized carbons (Fsp3) is 0.278. The molecule has 0 saturated heterocycles. The minimum atomic E-state index is -3.60. The Kier molecular flexibility index (Phi) is 5.81. The lowest BCUT2D eigenvalue weighted by molar-refractivity contribution is -0.121. The first-order valence-electron chi connectivity index (χ1n) is 8.35. The molecule has 7 nitrogen and oxygen atoms in total. The summed E-state index contributed by atoms with van der Waals surface area (Å²) in [5, 5.41) is 5.15. The van der Waals surface area contributed by atoms with Gasteiger partial charge in [0.05, 0.1) is 21.6 Å². The number of aromatic nitrogens is 1. The molecule has 1 aromatic carbocycles. The predicted octanol–water partition coefficient (Wildman–Crippen LogP) is 1.99. The monoisotopic (exact) mass is 405 g/mol. The molecule has 27 heavy (non-hydrogen) atoms. The van der Waals surface area contributed by atoms with Gasteiger partial charge in [0.15, 0.2) is 9.84 Å². The quantitative estimate of drug-likeness (QED) is 0.762. The van der Waals surface area contributed by atoms with Gasteiger partial charge in [-0.05, 0) is 36.8 Å². The standard InChI is InChI=1S/C18H19N3O4S2/c1-12-18(23)21-15-5-4-14(9-16(15)26-12)27(24,25)8-6-17(22)20-11-13-3-2-7-19-10-13/h2-5,7,9-10,12H,6,8,11H2,1H3,(H,20,22)(H,21,23). The second-order valence-electron chi connectivity index (χ2n) is 6.11. The molecule has 1 aromatic heterocycles. The molecule has 2 amide bonds. The van der Waals surface area contributed by atoms with Crippen molar-refractivity contribution < 1.29 is 18.0 Å². The molecule has 1 aliphatic rings. The van der Waals surface area contributed by atoms with Gasteiger partial charge in [-0.25, -0.2) is 8.42 Å². The van der Waals surface area contributed by atoms with Crippen molar-refractivity contribution in [3.05, 3.63) is 48.3 Å². The van der Waals surface area contributed by atoms with E-state index >= 15 is 0 Å². The van der Waals surface area contributed by atoms with Crippen LogP contribution in [0.2, 0.25) is 0 Å². The number of thioether (sulfide) groups is 1. The highest BCUT2D eigenvalue weighted by molar-refractivity contribution is 8.01. The average Bonchev–Trinajstić information content (AvgIpc) is 2.66. The van der Waals surface area contributed by atoms with Crippen LogP contribution in [0.25, 0.3) is 0 Å². The van der Waals surface area contributed by atoms with Gasteiger partial charge in [-0.3, -0.25) is 14.6 Å². The minimum absolute atomic E-state index is 0.103. The van der Waals surface area contributed by atoms with Crippen LogP contribution >= 0.6 is 11.8 Å². The number of benzene rings is 1. The highest BCUT2D eigenvalue weighted by atomic mass is 32.2. The molecule has 1 unspecified atom stereocenters. The second kappa shape index (κ2) is 8.10. The Bertz CT molecular complexity index is 962. The lowest BCUT2D eigenvalue weighted by atomic mass is 10.3. The Morgan fingerprint density at radius 2 is 2.15 bits per heavy atom. The van der Waals surface area contributed by atoms with E-state index in [1.54, 1.807) is 37.5 Å². The number of nitrogens with zero attached hydrogens (tertiary/aromatic N) is 1. The zero-order valence-corrected chi connectivity index (χ0v) is 16.3. The number of carbonyl (C=O) groups excluding carboxylic acids is 2. The topological polar surface area (TPSA) is 105 Å². The van der Waals surface area contributed by atoms with E-state index in [1.807, 2.05) is 6.07 Å². The van der Waals surface area contributed by atoms with Gasteiger partial charge in [-0.2, -0.15) is 0 Å². The van der Waals surface area contributed by atoms with Crippen molar-refractivity contribution in [1.29, 1.82) is 0 Å². The van der Waals surface area contributed by atoms with E-state index in [0.717, 1.165) is 5.56 Å². The van der Waals surface area contributed by atoms with Gasteiger partial charge < -0.3 is 10.6 Å². The Hall–Kier alpha value is -2.39. The van der Waals surface area contributed by atoms with Crippen molar-refractivity contribution in [3.63, 3.8) is 0 Å². The number of sulfone groups is 1. The van der Waals surface area contributed by atoms with E-state index < -0.39 is 9.84 Å². The van der Waals surface area contributed by atoms with Gasteiger partial charge in [0.2, 0.25) is 11.8 Å². The molecule has 0 radical (unpaired) electrons. The average molecular weight is 406 g/mol. The van der Waals surface area contributed by atoms with Gasteiger partial charge >= 0.3 is 0 Å². The first-order valence-corrected chi connectivity index (χ1v) is 10.9. The van der Waals surface area contributed by atoms with Crippen molar-refractivity contribution in [2.45, 2.75) is 34.9 Å². The molecule has 142 valence electrons. The van der Waals surface area contributed by atoms with Crippen molar-refractivity contribution in [2.24, 2.45) is 0 Å². The number of nitrogens with one attached hydrogen (secondary N) is 2. The van der Waals surface area contributed by atoms with E-state index in [0.29, 0.717) is 17.1 Å². The molecule has 0 spiro atoms. The molecule has 2 aromatic rings. The Balaban J connectivity index is 1.61. The molecular weight excluding hydrogens is 386 g/mol. The van der Waals surface area contributed by atoms with Crippen LogP contribution < -0.4 is 10.6 Å². The number of hydrogen-bond donors (Lipinski definition) is 2. The van der Waals surface area contributed by atoms with Crippen LogP contribution in [0.5, 0.6) is 0 Å². The van der Waals surface area contributed by atoms with Crippen LogP contribution in [0, 0.1) is 0 Å². The molecule has 0 aliphatic carbocycles. The molecular formula is C18H19N3O4S2. The van der Waals surface area contributed by atoms with Crippen LogP contribution in [0.4, 0.5) is 5.69 Å². The van der Waals surface area contributed by atoms with E-state index in [1.165, 1.54) is 17.8 Å². The number of anilines is 1. The fourth-order valence-electron chi connectivity index (χ4n) is 2.51. The third kappa shape index (κ3) is 4.86. The third-order valence-electron chi connectivity index (χ3n) is 4.05. The van der Waals surface area contributed by atoms with Gasteiger partial charge in [-0.1, -0.05) is 6.07 Å². The molecule has 2 N–H and O–H groups in total. The molecule has 0 saturated carbocycles. The fourth-order valence-corrected chi connectivity index (χ4v) is 4.84. The van der Waals surface area contributed by atoms with Crippen LogP contribution in [-0.2, 0) is 26.0 Å². The van der Waals surface area contributed by atoms with Crippen LogP contribution in [0.15, 0.2) is 52.5 Å². The Morgan fingerprint density at radius 3 is 2.89 bits per heavy atom. The normalized spacial score (nSPS) is 16.3. The summed E-state index contributed by atoms with van der Waals surface area (Å²) in [5.74, 6) is -0.721. The third-order valence-corrected chi connectivity index (χ3v) is 6.93. The zero-order chi connectivity index (χ0) is 19.4. The van der Waals surface area contributed by atoms with Crippen LogP contribution in [0.3, 0.4) is 0 Å². The number of fused-ring (bicyclic) bond motifs is 1. The van der Waals surface area contributed by atoms with Crippen molar-refractivity contribution in [3.8, 4) is 0 Å². The lowest BCUT2D eigenvalue weighted by Gasteiger charge is -2.21. The lowest BCUT2D eigenvalue weighted by Crippen LogP contribution is -2.27. The van der Waals surface area contributed by atoms with Gasteiger partial charge in [0, 0.05) is 30.3 Å². The Morgan fingerprint density at radius 1 is 1.33 bits per heavy atom. The largest absolute Gasteiger partial charge is 0.352 e. The number of amides is 2. The van der Waals surface area contributed by atoms with E-state index in [2.05, 4.69) is 15.6 Å². The first-order chi connectivity index (χ1) is 12.8. The van der Waals surface area contributed by atoms with Crippen molar-refractivity contribution >= 4 is 39.1 Å². The maximum atomic E-state index is 12.6. The highest BCUT2D eigenvalue weighted by Crippen LogP contribution is 2.37. The van der Waals surface area contributed by atoms with Crippen molar-refractivity contribution in [2.75, 3.05) is 11.1 Å². The first kappa shape index (κ1) is 19.4. The summed E-state index contributed by atoms with van der Waals surface area (Å²) in [5.41, 5.74) is 1.45. The smallest absolute Gasteiger partial charge is 0.237 e. The zero-order valence-electron chi connectivity index (χ0n) is 14.6. The molecule has 1 aliphatic heterocycles. The number of pyridine rings is 1. The van der Waals surface area contributed by atoms with Gasteiger partial charge in [0.1, 0.15) is 0 Å². The molecule has 3 rings (SSSR count). The molecule has 9 heteroatoms. The summed E-state index contributed by atoms with van der Waals surface area (Å²) < 4.78 is 25.1. The summed E-state index contributed by atoms with van der Waals surface area (Å²) in [6.07, 6.45) is 3.16. The van der Waals surface area contributed by atoms with Gasteiger partial charge in [0.25, 0.3) is 0 Å². The maximum absolute atomic E-state index is 12.6. The van der Waals surface area contributed by atoms with Crippen LogP contribution in [0.1, 0.15) is 18.9 Å². The van der Waals surface area contributed by atoms with E-state index in [4.69, 9.17) is 0 Å². The van der Waals surface area contributed by atoms with Gasteiger partial charge in [-0.15, -0.1) is 11.8 Å². The molecule has 1 atom stereocenters. The SMILES string of the molecule is CC1Sc2cc(S(=O)(=O)CCC(=O)NCc3cccnc3)ccc2NC1=O. The second-order valence-corrected chi connectivity index (χ2v) is 9.61. The van der Waals surface area contributed by atoms with Crippen molar-refractivity contribution in [1.82, 2.24) is 10.3 Å². The summed E-state index contributed by atoms with van der Waals surface area (Å²) >= 11 is 1.32. The number of hydrogen-bond acceptors (Lipinski definition) is 6. The molecule has 2 heterocycles. The van der Waals surface area contributed by atoms with E-state index in [9.17, 15) is 18.0 Å². The summed E-state index contributed by atoms with van der Waals surface area (Å²) in [7, 11) is -3.60. The number of rotatable bonds is 6. The minimum Gasteiger partial charge on any atom is -0.352 e. The summed E-state index contributed by atoms with van der Waals surface area (Å²) in [6.45, 7) is 2.07. The highest BCUT2D eigenvalue weighted by Gasteiger charge is 2.25. The number of carbonyl (C=O) groups is 2. The van der Waals surface area contributed by atoms with E-state index in [-0.39, 0.29) is 34.1 Å².